The molecule has 0 spiro atoms. The van der Waals surface area contributed by atoms with E-state index in [2.05, 4.69) is 9.36 Å². The number of aromatic nitrogens is 2. The van der Waals surface area contributed by atoms with Gasteiger partial charge in [-0.05, 0) is 30.6 Å². The summed E-state index contributed by atoms with van der Waals surface area (Å²) in [5.74, 6) is 0.874. The van der Waals surface area contributed by atoms with E-state index in [9.17, 15) is 4.79 Å². The van der Waals surface area contributed by atoms with Gasteiger partial charge in [-0.3, -0.25) is 0 Å². The van der Waals surface area contributed by atoms with E-state index in [1.165, 1.54) is 17.6 Å². The molecule has 100 valence electrons. The van der Waals surface area contributed by atoms with Crippen molar-refractivity contribution in [3.05, 3.63) is 35.7 Å². The van der Waals surface area contributed by atoms with Crippen molar-refractivity contribution in [1.29, 1.82) is 0 Å². The summed E-state index contributed by atoms with van der Waals surface area (Å²) < 4.78 is 10.5. The Morgan fingerprint density at radius 1 is 1.47 bits per heavy atom. The van der Waals surface area contributed by atoms with E-state index in [1.54, 1.807) is 30.0 Å². The Hall–Kier alpha value is -1.60. The van der Waals surface area contributed by atoms with Gasteiger partial charge in [0.2, 0.25) is 0 Å². The zero-order chi connectivity index (χ0) is 13.7. The van der Waals surface area contributed by atoms with Crippen LogP contribution in [0.2, 0.25) is 0 Å². The van der Waals surface area contributed by atoms with Gasteiger partial charge in [0, 0.05) is 5.75 Å². The van der Waals surface area contributed by atoms with Gasteiger partial charge in [-0.2, -0.15) is 4.37 Å². The predicted octanol–water partition coefficient (Wildman–Crippen LogP) is 2.72. The van der Waals surface area contributed by atoms with Crippen molar-refractivity contribution in [2.45, 2.75) is 11.3 Å². The van der Waals surface area contributed by atoms with Crippen molar-refractivity contribution in [2.75, 3.05) is 12.4 Å². The molecule has 2 aromatic rings. The molecule has 0 amide bonds. The zero-order valence-corrected chi connectivity index (χ0v) is 11.8. The number of thioether (sulfide) groups is 1. The average Bonchev–Trinajstić information content (AvgIpc) is 2.81. The summed E-state index contributed by atoms with van der Waals surface area (Å²) in [6.07, 6.45) is 0. The number of aryl methyl sites for hydroxylation is 1. The van der Waals surface area contributed by atoms with Crippen molar-refractivity contribution >= 4 is 29.3 Å². The Morgan fingerprint density at radius 2 is 2.26 bits per heavy atom. The first-order chi connectivity index (χ1) is 9.16. The van der Waals surface area contributed by atoms with Crippen LogP contribution < -0.4 is 4.74 Å². The van der Waals surface area contributed by atoms with Crippen molar-refractivity contribution in [2.24, 2.45) is 0 Å². The lowest BCUT2D eigenvalue weighted by molar-refractivity contribution is 0.0692. The Bertz CT molecular complexity index is 572. The fourth-order valence-electron chi connectivity index (χ4n) is 1.39. The predicted molar refractivity (Wildman–Crippen MR) is 74.3 cm³/mol. The number of para-hydroxylation sites is 1. The maximum atomic E-state index is 11.0. The molecule has 0 atom stereocenters. The van der Waals surface area contributed by atoms with E-state index in [-0.39, 0.29) is 5.56 Å². The molecular weight excluding hydrogens is 284 g/mol. The monoisotopic (exact) mass is 296 g/mol. The largest absolute Gasteiger partial charge is 0.492 e. The van der Waals surface area contributed by atoms with Crippen molar-refractivity contribution in [3.63, 3.8) is 0 Å². The van der Waals surface area contributed by atoms with E-state index in [4.69, 9.17) is 9.84 Å². The molecule has 5 nitrogen and oxygen atoms in total. The molecule has 0 unspecified atom stereocenters. The molecule has 1 N–H and O–H groups in total. The number of carboxylic acids is 1. The average molecular weight is 296 g/mol. The Morgan fingerprint density at radius 3 is 2.95 bits per heavy atom. The lowest BCUT2D eigenvalue weighted by Gasteiger charge is -2.07. The Balaban J connectivity index is 1.84. The van der Waals surface area contributed by atoms with Crippen LogP contribution in [0.5, 0.6) is 5.75 Å². The van der Waals surface area contributed by atoms with Crippen LogP contribution in [0.1, 0.15) is 16.2 Å². The fraction of sp³-hybridized carbons (Fsp3) is 0.250. The number of ether oxygens (including phenoxy) is 1. The maximum absolute atomic E-state index is 11.0. The summed E-state index contributed by atoms with van der Waals surface area (Å²) in [7, 11) is 0. The Kier molecular flexibility index (Phi) is 4.75. The Labute approximate surface area is 118 Å². The van der Waals surface area contributed by atoms with Gasteiger partial charge in [-0.25, -0.2) is 9.78 Å². The SMILES string of the molecule is Cc1nsc(SCCOc2ccccc2C(=O)O)n1. The number of aromatic carboxylic acids is 1. The molecule has 2 rings (SSSR count). The molecular formula is C12H12N2O3S2. The number of hydrogen-bond donors (Lipinski definition) is 1. The van der Waals surface area contributed by atoms with Crippen LogP contribution in [0.3, 0.4) is 0 Å². The van der Waals surface area contributed by atoms with E-state index < -0.39 is 5.97 Å². The fourth-order valence-corrected chi connectivity index (χ4v) is 2.92. The standard InChI is InChI=1S/C12H12N2O3S2/c1-8-13-12(19-14-8)18-7-6-17-10-5-3-2-4-9(10)11(15)16/h2-5H,6-7H2,1H3,(H,15,16). The molecule has 1 heterocycles. The van der Waals surface area contributed by atoms with E-state index in [0.29, 0.717) is 18.1 Å². The highest BCUT2D eigenvalue weighted by Crippen LogP contribution is 2.21. The number of nitrogens with zero attached hydrogens (tertiary/aromatic N) is 2. The third-order valence-electron chi connectivity index (χ3n) is 2.19. The molecule has 19 heavy (non-hydrogen) atoms. The summed E-state index contributed by atoms with van der Waals surface area (Å²) in [6.45, 7) is 2.27. The number of carboxylic acid groups (broad SMARTS) is 1. The second kappa shape index (κ2) is 6.53. The number of hydrogen-bond acceptors (Lipinski definition) is 6. The van der Waals surface area contributed by atoms with Gasteiger partial charge in [-0.15, -0.1) is 0 Å². The van der Waals surface area contributed by atoms with Gasteiger partial charge < -0.3 is 9.84 Å². The molecule has 7 heteroatoms. The minimum absolute atomic E-state index is 0.180. The van der Waals surface area contributed by atoms with Crippen molar-refractivity contribution in [3.8, 4) is 5.75 Å². The molecule has 0 saturated heterocycles. The molecule has 0 saturated carbocycles. The third kappa shape index (κ3) is 3.93. The molecule has 0 bridgehead atoms. The quantitative estimate of drug-likeness (QED) is 0.652. The lowest BCUT2D eigenvalue weighted by atomic mass is 10.2. The van der Waals surface area contributed by atoms with Crippen LogP contribution in [0, 0.1) is 6.92 Å². The van der Waals surface area contributed by atoms with Crippen LogP contribution in [-0.2, 0) is 0 Å². The van der Waals surface area contributed by atoms with Gasteiger partial charge in [-0.1, -0.05) is 23.9 Å². The molecule has 0 aliphatic rings. The van der Waals surface area contributed by atoms with Gasteiger partial charge in [0.25, 0.3) is 0 Å². The van der Waals surface area contributed by atoms with Crippen LogP contribution in [0.4, 0.5) is 0 Å². The maximum Gasteiger partial charge on any atom is 0.339 e. The first-order valence-electron chi connectivity index (χ1n) is 5.55. The number of rotatable bonds is 6. The molecule has 1 aromatic heterocycles. The summed E-state index contributed by atoms with van der Waals surface area (Å²) in [4.78, 5) is 15.2. The minimum Gasteiger partial charge on any atom is -0.492 e. The van der Waals surface area contributed by atoms with Gasteiger partial charge in [0.1, 0.15) is 17.1 Å². The second-order valence-electron chi connectivity index (χ2n) is 3.61. The van der Waals surface area contributed by atoms with Crippen LogP contribution in [-0.4, -0.2) is 32.8 Å². The van der Waals surface area contributed by atoms with Gasteiger partial charge in [0.15, 0.2) is 4.34 Å². The summed E-state index contributed by atoms with van der Waals surface area (Å²) >= 11 is 2.90. The molecule has 1 aromatic carbocycles. The summed E-state index contributed by atoms with van der Waals surface area (Å²) in [5.41, 5.74) is 0.180. The van der Waals surface area contributed by atoms with Crippen molar-refractivity contribution < 1.29 is 14.6 Å². The van der Waals surface area contributed by atoms with Crippen LogP contribution in [0.15, 0.2) is 28.6 Å². The summed E-state index contributed by atoms with van der Waals surface area (Å²) in [5, 5.41) is 9.00. The molecule has 0 radical (unpaired) electrons. The first-order valence-corrected chi connectivity index (χ1v) is 7.31. The molecule has 0 fully saturated rings. The van der Waals surface area contributed by atoms with E-state index in [0.717, 1.165) is 10.2 Å². The highest BCUT2D eigenvalue weighted by Gasteiger charge is 2.10. The molecule has 0 aliphatic heterocycles. The van der Waals surface area contributed by atoms with Crippen molar-refractivity contribution in [1.82, 2.24) is 9.36 Å². The third-order valence-corrected chi connectivity index (χ3v) is 4.08. The summed E-state index contributed by atoms with van der Waals surface area (Å²) in [6, 6.07) is 6.61. The lowest BCUT2D eigenvalue weighted by Crippen LogP contribution is -2.05. The zero-order valence-electron chi connectivity index (χ0n) is 10.2. The number of benzene rings is 1. The highest BCUT2D eigenvalue weighted by atomic mass is 32.2. The minimum atomic E-state index is -0.983. The smallest absolute Gasteiger partial charge is 0.339 e. The first kappa shape index (κ1) is 13.8. The van der Waals surface area contributed by atoms with Crippen LogP contribution >= 0.6 is 23.3 Å². The van der Waals surface area contributed by atoms with E-state index >= 15 is 0 Å². The number of carbonyl (C=O) groups is 1. The second-order valence-corrected chi connectivity index (χ2v) is 5.70. The van der Waals surface area contributed by atoms with E-state index in [1.807, 2.05) is 6.92 Å². The van der Waals surface area contributed by atoms with Gasteiger partial charge in [0.05, 0.1) is 6.61 Å². The van der Waals surface area contributed by atoms with Crippen LogP contribution in [0.25, 0.3) is 0 Å². The topological polar surface area (TPSA) is 72.3 Å². The molecule has 0 aliphatic carbocycles. The van der Waals surface area contributed by atoms with Gasteiger partial charge >= 0.3 is 5.97 Å². The highest BCUT2D eigenvalue weighted by molar-refractivity contribution is 8.00. The normalized spacial score (nSPS) is 10.4.